The Morgan fingerprint density at radius 3 is 2.70 bits per heavy atom. The molecular formula is C15H23NO2S2. The van der Waals surface area contributed by atoms with E-state index < -0.39 is 10.8 Å². The highest BCUT2D eigenvalue weighted by Crippen LogP contribution is 2.19. The smallest absolute Gasteiger partial charge is 0.119 e. The van der Waals surface area contributed by atoms with E-state index >= 15 is 0 Å². The maximum absolute atomic E-state index is 11.8. The first-order valence-corrected chi connectivity index (χ1v) is 9.60. The molecule has 3 nitrogen and oxygen atoms in total. The quantitative estimate of drug-likeness (QED) is 0.782. The van der Waals surface area contributed by atoms with Gasteiger partial charge in [-0.3, -0.25) is 9.11 Å². The van der Waals surface area contributed by atoms with Gasteiger partial charge in [-0.05, 0) is 44.4 Å². The predicted octanol–water partition coefficient (Wildman–Crippen LogP) is 2.63. The molecule has 0 bridgehead atoms. The third kappa shape index (κ3) is 3.99. The van der Waals surface area contributed by atoms with Crippen molar-refractivity contribution < 1.29 is 8.95 Å². The van der Waals surface area contributed by atoms with E-state index in [1.807, 2.05) is 12.1 Å². The Morgan fingerprint density at radius 1 is 1.35 bits per heavy atom. The fraction of sp³-hybridized carbons (Fsp3) is 0.600. The van der Waals surface area contributed by atoms with Crippen LogP contribution < -0.4 is 4.74 Å². The molecule has 3 unspecified atom stereocenters. The van der Waals surface area contributed by atoms with Gasteiger partial charge in [0.2, 0.25) is 0 Å². The summed E-state index contributed by atoms with van der Waals surface area (Å²) >= 11 is 1.73. The van der Waals surface area contributed by atoms with Crippen molar-refractivity contribution in [1.82, 2.24) is 4.90 Å². The fourth-order valence-corrected chi connectivity index (χ4v) is 4.19. The topological polar surface area (TPSA) is 29.5 Å². The first kappa shape index (κ1) is 15.9. The van der Waals surface area contributed by atoms with Crippen molar-refractivity contribution in [3.05, 3.63) is 24.3 Å². The minimum absolute atomic E-state index is 0.254. The van der Waals surface area contributed by atoms with Gasteiger partial charge in [0, 0.05) is 45.8 Å². The van der Waals surface area contributed by atoms with E-state index in [-0.39, 0.29) is 5.25 Å². The SMILES string of the molecule is CSc1ccc(OCCN2CCS(=O)C(C)C2C)cc1. The third-order valence-corrected chi connectivity index (χ3v) is 6.51. The summed E-state index contributed by atoms with van der Waals surface area (Å²) < 4.78 is 17.5. The van der Waals surface area contributed by atoms with Crippen LogP contribution in [0.15, 0.2) is 29.2 Å². The number of hydrogen-bond acceptors (Lipinski definition) is 4. The lowest BCUT2D eigenvalue weighted by Crippen LogP contribution is -2.50. The average Bonchev–Trinajstić information content (AvgIpc) is 2.48. The molecule has 0 aromatic heterocycles. The highest BCUT2D eigenvalue weighted by molar-refractivity contribution is 7.98. The zero-order valence-electron chi connectivity index (χ0n) is 12.4. The van der Waals surface area contributed by atoms with Crippen LogP contribution in [0.3, 0.4) is 0 Å². The van der Waals surface area contributed by atoms with Crippen LogP contribution >= 0.6 is 11.8 Å². The lowest BCUT2D eigenvalue weighted by atomic mass is 10.2. The molecule has 1 aromatic carbocycles. The van der Waals surface area contributed by atoms with Crippen LogP contribution in [0.4, 0.5) is 0 Å². The molecule has 1 saturated heterocycles. The van der Waals surface area contributed by atoms with E-state index in [1.165, 1.54) is 4.90 Å². The minimum Gasteiger partial charge on any atom is -0.492 e. The van der Waals surface area contributed by atoms with Gasteiger partial charge in [-0.15, -0.1) is 11.8 Å². The van der Waals surface area contributed by atoms with Gasteiger partial charge in [-0.25, -0.2) is 0 Å². The standard InChI is InChI=1S/C15H23NO2S2/c1-12-13(2)20(17)11-9-16(12)8-10-18-14-4-6-15(19-3)7-5-14/h4-7,12-13H,8-11H2,1-3H3. The number of ether oxygens (including phenoxy) is 1. The van der Waals surface area contributed by atoms with E-state index in [0.717, 1.165) is 24.6 Å². The van der Waals surface area contributed by atoms with Crippen molar-refractivity contribution >= 4 is 22.6 Å². The van der Waals surface area contributed by atoms with Crippen molar-refractivity contribution in [2.24, 2.45) is 0 Å². The summed E-state index contributed by atoms with van der Waals surface area (Å²) in [5.74, 6) is 1.71. The molecule has 0 amide bonds. The van der Waals surface area contributed by atoms with Crippen LogP contribution in [0.1, 0.15) is 13.8 Å². The number of rotatable bonds is 5. The van der Waals surface area contributed by atoms with Gasteiger partial charge >= 0.3 is 0 Å². The number of hydrogen-bond donors (Lipinski definition) is 0. The summed E-state index contributed by atoms with van der Waals surface area (Å²) in [5, 5.41) is 0.254. The van der Waals surface area contributed by atoms with E-state index in [0.29, 0.717) is 12.6 Å². The van der Waals surface area contributed by atoms with Gasteiger partial charge in [0.25, 0.3) is 0 Å². The van der Waals surface area contributed by atoms with Gasteiger partial charge in [-0.1, -0.05) is 0 Å². The Kier molecular flexibility index (Phi) is 5.93. The van der Waals surface area contributed by atoms with Crippen LogP contribution in [-0.4, -0.2) is 52.1 Å². The van der Waals surface area contributed by atoms with E-state index in [9.17, 15) is 4.21 Å². The summed E-state index contributed by atoms with van der Waals surface area (Å²) in [6, 6.07) is 8.56. The Labute approximate surface area is 128 Å². The average molecular weight is 313 g/mol. The van der Waals surface area contributed by atoms with Crippen LogP contribution in [-0.2, 0) is 10.8 Å². The number of benzene rings is 1. The monoisotopic (exact) mass is 313 g/mol. The first-order valence-electron chi connectivity index (χ1n) is 7.00. The Hall–Kier alpha value is -0.520. The normalized spacial score (nSPS) is 27.4. The molecule has 0 spiro atoms. The molecule has 2 rings (SSSR count). The lowest BCUT2D eigenvalue weighted by molar-refractivity contribution is 0.168. The zero-order chi connectivity index (χ0) is 14.5. The summed E-state index contributed by atoms with van der Waals surface area (Å²) in [6.45, 7) is 6.73. The van der Waals surface area contributed by atoms with Gasteiger partial charge in [0.1, 0.15) is 12.4 Å². The highest BCUT2D eigenvalue weighted by atomic mass is 32.2. The van der Waals surface area contributed by atoms with Crippen molar-refractivity contribution in [3.8, 4) is 5.75 Å². The van der Waals surface area contributed by atoms with Crippen LogP contribution in [0.2, 0.25) is 0 Å². The summed E-state index contributed by atoms with van der Waals surface area (Å²) in [6.07, 6.45) is 2.07. The van der Waals surface area contributed by atoms with Crippen molar-refractivity contribution in [3.63, 3.8) is 0 Å². The molecule has 1 aliphatic heterocycles. The summed E-state index contributed by atoms with van der Waals surface area (Å²) in [4.78, 5) is 3.63. The molecule has 20 heavy (non-hydrogen) atoms. The van der Waals surface area contributed by atoms with Gasteiger partial charge in [0.15, 0.2) is 0 Å². The second-order valence-corrected chi connectivity index (χ2v) is 7.88. The largest absolute Gasteiger partial charge is 0.492 e. The first-order chi connectivity index (χ1) is 9.61. The van der Waals surface area contributed by atoms with Crippen LogP contribution in [0, 0.1) is 0 Å². The number of thioether (sulfide) groups is 1. The Morgan fingerprint density at radius 2 is 2.05 bits per heavy atom. The zero-order valence-corrected chi connectivity index (χ0v) is 14.0. The van der Waals surface area contributed by atoms with Crippen molar-refractivity contribution in [2.75, 3.05) is 31.7 Å². The molecule has 112 valence electrons. The Balaban J connectivity index is 1.79. The Bertz CT molecular complexity index is 450. The van der Waals surface area contributed by atoms with Gasteiger partial charge in [0.05, 0.1) is 0 Å². The van der Waals surface area contributed by atoms with Crippen LogP contribution in [0.5, 0.6) is 5.75 Å². The highest BCUT2D eigenvalue weighted by Gasteiger charge is 2.29. The molecule has 3 atom stereocenters. The van der Waals surface area contributed by atoms with Crippen molar-refractivity contribution in [1.29, 1.82) is 0 Å². The summed E-state index contributed by atoms with van der Waals surface area (Å²) in [5.41, 5.74) is 0. The lowest BCUT2D eigenvalue weighted by Gasteiger charge is -2.37. The molecule has 1 aliphatic rings. The molecule has 0 saturated carbocycles. The number of nitrogens with zero attached hydrogens (tertiary/aromatic N) is 1. The minimum atomic E-state index is -0.666. The van der Waals surface area contributed by atoms with Crippen molar-refractivity contribution in [2.45, 2.75) is 30.0 Å². The maximum atomic E-state index is 11.8. The second-order valence-electron chi connectivity index (χ2n) is 5.09. The molecule has 0 N–H and O–H groups in total. The van der Waals surface area contributed by atoms with Gasteiger partial charge < -0.3 is 4.74 Å². The van der Waals surface area contributed by atoms with E-state index in [1.54, 1.807) is 11.8 Å². The maximum Gasteiger partial charge on any atom is 0.119 e. The van der Waals surface area contributed by atoms with E-state index in [4.69, 9.17) is 4.74 Å². The van der Waals surface area contributed by atoms with Gasteiger partial charge in [-0.2, -0.15) is 0 Å². The van der Waals surface area contributed by atoms with E-state index in [2.05, 4.69) is 37.1 Å². The molecule has 1 aromatic rings. The molecule has 0 aliphatic carbocycles. The molecule has 1 heterocycles. The third-order valence-electron chi connectivity index (χ3n) is 3.96. The molecule has 0 radical (unpaired) electrons. The molecule has 5 heteroatoms. The fourth-order valence-electron chi connectivity index (χ4n) is 2.38. The predicted molar refractivity (Wildman–Crippen MR) is 87.2 cm³/mol. The summed E-state index contributed by atoms with van der Waals surface area (Å²) in [7, 11) is -0.666. The molecular weight excluding hydrogens is 290 g/mol. The molecule has 1 fully saturated rings. The van der Waals surface area contributed by atoms with Crippen LogP contribution in [0.25, 0.3) is 0 Å². The second kappa shape index (κ2) is 7.48.